The topological polar surface area (TPSA) is 105 Å². The average Bonchev–Trinajstić information content (AvgIpc) is 3.56. The number of sulfone groups is 1. The Morgan fingerprint density at radius 1 is 1.00 bits per heavy atom. The van der Waals surface area contributed by atoms with E-state index in [0.29, 0.717) is 56.1 Å². The average molecular weight is 492 g/mol. The molecule has 0 unspecified atom stereocenters. The Bertz CT molecular complexity index is 1030. The van der Waals surface area contributed by atoms with Gasteiger partial charge in [-0.15, -0.1) is 0 Å². The zero-order valence-electron chi connectivity index (χ0n) is 19.4. The van der Waals surface area contributed by atoms with Crippen LogP contribution in [0.1, 0.15) is 44.9 Å². The minimum atomic E-state index is -3.05. The van der Waals surface area contributed by atoms with E-state index in [1.807, 2.05) is 4.90 Å². The van der Waals surface area contributed by atoms with Crippen LogP contribution in [-0.4, -0.2) is 80.0 Å². The number of rotatable bonds is 6. The van der Waals surface area contributed by atoms with Crippen molar-refractivity contribution >= 4 is 27.3 Å². The van der Waals surface area contributed by atoms with Gasteiger partial charge in [0.1, 0.15) is 0 Å². The normalized spacial score (nSPS) is 24.9. The summed E-state index contributed by atoms with van der Waals surface area (Å²) in [6.07, 6.45) is 6.03. The minimum Gasteiger partial charge on any atom is -0.454 e. The molecule has 5 rings (SSSR count). The predicted molar refractivity (Wildman–Crippen MR) is 127 cm³/mol. The minimum absolute atomic E-state index is 0.0198. The summed E-state index contributed by atoms with van der Waals surface area (Å²) in [4.78, 5) is 30.1. The molecule has 34 heavy (non-hydrogen) atoms. The largest absolute Gasteiger partial charge is 0.454 e. The predicted octanol–water partition coefficient (Wildman–Crippen LogP) is 2.02. The number of amides is 2. The van der Waals surface area contributed by atoms with E-state index >= 15 is 0 Å². The standard InChI is InChI=1S/C24H33N3O6S/c28-23(27(19-3-1-2-4-19)20-9-12-34(30,31)15-20)14-26-10-7-17(8-11-26)24(29)25-18-5-6-21-22(13-18)33-16-32-21/h5-6,13,17,19-20H,1-4,7-12,14-16H2,(H,25,29)/t20-/m1/s1. The first-order chi connectivity index (χ1) is 16.4. The summed E-state index contributed by atoms with van der Waals surface area (Å²) in [7, 11) is -3.05. The van der Waals surface area contributed by atoms with Crippen LogP contribution in [0.4, 0.5) is 5.69 Å². The summed E-state index contributed by atoms with van der Waals surface area (Å²) in [5, 5.41) is 2.97. The molecule has 3 fully saturated rings. The molecular weight excluding hydrogens is 458 g/mol. The molecule has 4 aliphatic rings. The van der Waals surface area contributed by atoms with E-state index in [9.17, 15) is 18.0 Å². The van der Waals surface area contributed by atoms with Crippen molar-refractivity contribution in [3.8, 4) is 11.5 Å². The summed E-state index contributed by atoms with van der Waals surface area (Å²) in [5.41, 5.74) is 0.686. The van der Waals surface area contributed by atoms with Gasteiger partial charge < -0.3 is 19.7 Å². The van der Waals surface area contributed by atoms with Crippen LogP contribution in [0.25, 0.3) is 0 Å². The molecule has 1 N–H and O–H groups in total. The Morgan fingerprint density at radius 2 is 1.74 bits per heavy atom. The second-order valence-electron chi connectivity index (χ2n) is 9.90. The van der Waals surface area contributed by atoms with Crippen molar-refractivity contribution in [3.63, 3.8) is 0 Å². The first-order valence-electron chi connectivity index (χ1n) is 12.3. The monoisotopic (exact) mass is 491 g/mol. The van der Waals surface area contributed by atoms with E-state index in [2.05, 4.69) is 10.2 Å². The second-order valence-corrected chi connectivity index (χ2v) is 12.1. The first-order valence-corrected chi connectivity index (χ1v) is 14.1. The third-order valence-electron chi connectivity index (χ3n) is 7.57. The van der Waals surface area contributed by atoms with E-state index in [1.54, 1.807) is 18.2 Å². The van der Waals surface area contributed by atoms with Crippen LogP contribution in [0.3, 0.4) is 0 Å². The summed E-state index contributed by atoms with van der Waals surface area (Å²) in [6, 6.07) is 5.34. The lowest BCUT2D eigenvalue weighted by Crippen LogP contribution is -2.51. The fourth-order valence-corrected chi connectivity index (χ4v) is 7.44. The molecule has 1 aromatic carbocycles. The Balaban J connectivity index is 1.14. The van der Waals surface area contributed by atoms with Crippen LogP contribution < -0.4 is 14.8 Å². The van der Waals surface area contributed by atoms with Crippen molar-refractivity contribution in [1.29, 1.82) is 0 Å². The number of piperidine rings is 1. The number of anilines is 1. The van der Waals surface area contributed by atoms with Gasteiger partial charge in [0.05, 0.1) is 18.1 Å². The molecule has 1 atom stereocenters. The lowest BCUT2D eigenvalue weighted by atomic mass is 9.95. The second kappa shape index (κ2) is 9.73. The number of carbonyl (C=O) groups is 2. The number of fused-ring (bicyclic) bond motifs is 1. The fraction of sp³-hybridized carbons (Fsp3) is 0.667. The highest BCUT2D eigenvalue weighted by molar-refractivity contribution is 7.91. The maximum absolute atomic E-state index is 13.3. The van der Waals surface area contributed by atoms with Crippen molar-refractivity contribution in [2.24, 2.45) is 5.92 Å². The Labute approximate surface area is 200 Å². The third-order valence-corrected chi connectivity index (χ3v) is 9.32. The summed E-state index contributed by atoms with van der Waals surface area (Å²) in [5.74, 6) is 1.49. The SMILES string of the molecule is O=C(Nc1ccc2c(c1)OCO2)C1CCN(CC(=O)N(C2CCCC2)[C@@H]2CCS(=O)(=O)C2)CC1. The number of hydrogen-bond acceptors (Lipinski definition) is 7. The first kappa shape index (κ1) is 23.4. The zero-order valence-corrected chi connectivity index (χ0v) is 20.2. The molecule has 10 heteroatoms. The molecule has 1 aliphatic carbocycles. The van der Waals surface area contributed by atoms with E-state index in [4.69, 9.17) is 9.47 Å². The van der Waals surface area contributed by atoms with Gasteiger partial charge in [0.25, 0.3) is 0 Å². The Kier molecular flexibility index (Phi) is 6.70. The van der Waals surface area contributed by atoms with Crippen molar-refractivity contribution in [2.45, 2.75) is 57.0 Å². The third kappa shape index (κ3) is 5.17. The molecule has 2 saturated heterocycles. The van der Waals surface area contributed by atoms with E-state index in [0.717, 1.165) is 25.7 Å². The lowest BCUT2D eigenvalue weighted by molar-refractivity contribution is -0.137. The summed E-state index contributed by atoms with van der Waals surface area (Å²) < 4.78 is 34.8. The smallest absolute Gasteiger partial charge is 0.237 e. The number of benzene rings is 1. The fourth-order valence-electron chi connectivity index (χ4n) is 5.73. The van der Waals surface area contributed by atoms with Crippen molar-refractivity contribution in [2.75, 3.05) is 43.2 Å². The van der Waals surface area contributed by atoms with Crippen LogP contribution in [0, 0.1) is 5.92 Å². The van der Waals surface area contributed by atoms with Crippen molar-refractivity contribution < 1.29 is 27.5 Å². The number of likely N-dealkylation sites (tertiary alicyclic amines) is 1. The highest BCUT2D eigenvalue weighted by Crippen LogP contribution is 2.34. The van der Waals surface area contributed by atoms with Gasteiger partial charge in [0.15, 0.2) is 21.3 Å². The summed E-state index contributed by atoms with van der Waals surface area (Å²) >= 11 is 0. The number of nitrogens with one attached hydrogen (secondary N) is 1. The Hall–Kier alpha value is -2.33. The molecular formula is C24H33N3O6S. The number of ether oxygens (including phenoxy) is 2. The van der Waals surface area contributed by atoms with Gasteiger partial charge in [0.2, 0.25) is 18.6 Å². The molecule has 3 aliphatic heterocycles. The molecule has 1 saturated carbocycles. The molecule has 0 spiro atoms. The maximum Gasteiger partial charge on any atom is 0.237 e. The van der Waals surface area contributed by atoms with Crippen LogP contribution in [0.2, 0.25) is 0 Å². The highest BCUT2D eigenvalue weighted by Gasteiger charge is 2.39. The maximum atomic E-state index is 13.3. The van der Waals surface area contributed by atoms with Crippen molar-refractivity contribution in [3.05, 3.63) is 18.2 Å². The molecule has 0 bridgehead atoms. The van der Waals surface area contributed by atoms with E-state index < -0.39 is 9.84 Å². The van der Waals surface area contributed by atoms with E-state index in [-0.39, 0.29) is 48.1 Å². The zero-order chi connectivity index (χ0) is 23.7. The molecule has 1 aromatic rings. The van der Waals surface area contributed by atoms with E-state index in [1.165, 1.54) is 0 Å². The highest BCUT2D eigenvalue weighted by atomic mass is 32.2. The van der Waals surface area contributed by atoms with Gasteiger partial charge in [-0.05, 0) is 57.3 Å². The number of hydrogen-bond donors (Lipinski definition) is 1. The Morgan fingerprint density at radius 3 is 2.44 bits per heavy atom. The van der Waals surface area contributed by atoms with Crippen LogP contribution in [0.15, 0.2) is 18.2 Å². The molecule has 2 amide bonds. The van der Waals surface area contributed by atoms with Crippen LogP contribution in [-0.2, 0) is 19.4 Å². The molecule has 0 radical (unpaired) electrons. The summed E-state index contributed by atoms with van der Waals surface area (Å²) in [6.45, 7) is 1.83. The van der Waals surface area contributed by atoms with Gasteiger partial charge in [0, 0.05) is 29.8 Å². The molecule has 3 heterocycles. The molecule has 186 valence electrons. The van der Waals surface area contributed by atoms with Crippen LogP contribution >= 0.6 is 0 Å². The molecule has 0 aromatic heterocycles. The van der Waals surface area contributed by atoms with Gasteiger partial charge in [-0.25, -0.2) is 8.42 Å². The lowest BCUT2D eigenvalue weighted by Gasteiger charge is -2.37. The van der Waals surface area contributed by atoms with Gasteiger partial charge >= 0.3 is 0 Å². The molecule has 9 nitrogen and oxygen atoms in total. The van der Waals surface area contributed by atoms with Crippen molar-refractivity contribution in [1.82, 2.24) is 9.80 Å². The van der Waals surface area contributed by atoms with Gasteiger partial charge in [-0.3, -0.25) is 14.5 Å². The number of carbonyl (C=O) groups excluding carboxylic acids is 2. The van der Waals surface area contributed by atoms with Gasteiger partial charge in [-0.2, -0.15) is 0 Å². The quantitative estimate of drug-likeness (QED) is 0.649. The number of nitrogens with zero attached hydrogens (tertiary/aromatic N) is 2. The van der Waals surface area contributed by atoms with Crippen LogP contribution in [0.5, 0.6) is 11.5 Å². The van der Waals surface area contributed by atoms with Gasteiger partial charge in [-0.1, -0.05) is 12.8 Å².